The number of nitrogens with one attached hydrogen (secondary N) is 2. The Morgan fingerprint density at radius 2 is 1.41 bits per heavy atom. The average molecular weight is 408 g/mol. The highest BCUT2D eigenvalue weighted by Gasteiger charge is 2.28. The predicted octanol–water partition coefficient (Wildman–Crippen LogP) is 1.41. The number of phenols is 1. The molecule has 0 spiro atoms. The average Bonchev–Trinajstić information content (AvgIpc) is 2.61. The Bertz CT molecular complexity index is 688. The number of hydrogen-bond acceptors (Lipinski definition) is 5. The molecule has 1 aromatic carbocycles. The van der Waals surface area contributed by atoms with Crippen molar-refractivity contribution >= 4 is 17.8 Å². The summed E-state index contributed by atoms with van der Waals surface area (Å²) in [6.45, 7) is 7.72. The van der Waals surface area contributed by atoms with Gasteiger partial charge in [-0.3, -0.25) is 9.59 Å². The summed E-state index contributed by atoms with van der Waals surface area (Å²) in [5.41, 5.74) is 6.55. The second kappa shape index (κ2) is 11.4. The molecule has 162 valence electrons. The fourth-order valence-corrected chi connectivity index (χ4v) is 2.94. The normalized spacial score (nSPS) is 14.3. The highest BCUT2D eigenvalue weighted by molar-refractivity contribution is 5.91. The van der Waals surface area contributed by atoms with Gasteiger partial charge >= 0.3 is 5.97 Å². The lowest BCUT2D eigenvalue weighted by Gasteiger charge is -2.24. The number of phenolic OH excluding ortho intramolecular Hbond substituents is 1. The number of amides is 2. The largest absolute Gasteiger partial charge is 0.508 e. The van der Waals surface area contributed by atoms with Crippen LogP contribution < -0.4 is 16.4 Å². The van der Waals surface area contributed by atoms with Crippen LogP contribution in [0.1, 0.15) is 46.1 Å². The van der Waals surface area contributed by atoms with Gasteiger partial charge in [-0.2, -0.15) is 0 Å². The topological polar surface area (TPSA) is 142 Å². The van der Waals surface area contributed by atoms with Gasteiger partial charge < -0.3 is 26.6 Å². The van der Waals surface area contributed by atoms with Gasteiger partial charge in [-0.1, -0.05) is 39.8 Å². The summed E-state index contributed by atoms with van der Waals surface area (Å²) < 4.78 is 0. The maximum atomic E-state index is 12.7. The molecule has 0 bridgehead atoms. The number of aliphatic carboxylic acids is 1. The van der Waals surface area contributed by atoms with E-state index >= 15 is 0 Å². The zero-order valence-electron chi connectivity index (χ0n) is 17.5. The number of carboxylic acid groups (broad SMARTS) is 1. The van der Waals surface area contributed by atoms with Crippen LogP contribution in [-0.2, 0) is 20.8 Å². The molecule has 8 nitrogen and oxygen atoms in total. The molecule has 0 aliphatic rings. The van der Waals surface area contributed by atoms with Crippen molar-refractivity contribution in [3.05, 3.63) is 29.8 Å². The molecule has 0 saturated carbocycles. The van der Waals surface area contributed by atoms with Gasteiger partial charge in [0.05, 0.1) is 6.04 Å². The highest BCUT2D eigenvalue weighted by Crippen LogP contribution is 2.12. The van der Waals surface area contributed by atoms with E-state index in [4.69, 9.17) is 5.73 Å². The number of rotatable bonds is 11. The van der Waals surface area contributed by atoms with Crippen LogP contribution in [0.5, 0.6) is 5.75 Å². The molecule has 1 rings (SSSR count). The summed E-state index contributed by atoms with van der Waals surface area (Å²) in [4.78, 5) is 36.7. The Labute approximate surface area is 171 Å². The molecule has 0 aliphatic heterocycles. The lowest BCUT2D eigenvalue weighted by molar-refractivity contribution is -0.142. The van der Waals surface area contributed by atoms with Gasteiger partial charge in [0, 0.05) is 6.42 Å². The summed E-state index contributed by atoms with van der Waals surface area (Å²) in [7, 11) is 0. The fraction of sp³-hybridized carbons (Fsp3) is 0.571. The van der Waals surface area contributed by atoms with E-state index in [2.05, 4.69) is 10.6 Å². The van der Waals surface area contributed by atoms with E-state index < -0.39 is 35.9 Å². The molecule has 29 heavy (non-hydrogen) atoms. The molecule has 0 saturated heterocycles. The summed E-state index contributed by atoms with van der Waals surface area (Å²) in [6.07, 6.45) is 0.897. The van der Waals surface area contributed by atoms with Gasteiger partial charge in [0.1, 0.15) is 17.8 Å². The van der Waals surface area contributed by atoms with Crippen LogP contribution in [-0.4, -0.2) is 46.1 Å². The summed E-state index contributed by atoms with van der Waals surface area (Å²) >= 11 is 0. The summed E-state index contributed by atoms with van der Waals surface area (Å²) in [5.74, 6) is -1.76. The molecule has 0 aliphatic carbocycles. The number of carboxylic acids is 1. The van der Waals surface area contributed by atoms with Gasteiger partial charge in [0.2, 0.25) is 11.8 Å². The number of aromatic hydroxyl groups is 1. The Morgan fingerprint density at radius 1 is 0.897 bits per heavy atom. The van der Waals surface area contributed by atoms with E-state index in [0.29, 0.717) is 18.4 Å². The van der Waals surface area contributed by atoms with Crippen LogP contribution in [0.3, 0.4) is 0 Å². The molecule has 0 aromatic heterocycles. The van der Waals surface area contributed by atoms with Crippen molar-refractivity contribution in [3.63, 3.8) is 0 Å². The lowest BCUT2D eigenvalue weighted by Crippen LogP contribution is -2.55. The lowest BCUT2D eigenvalue weighted by atomic mass is 9.99. The molecule has 0 radical (unpaired) electrons. The first-order chi connectivity index (χ1) is 13.5. The third-order valence-electron chi connectivity index (χ3n) is 4.39. The predicted molar refractivity (Wildman–Crippen MR) is 110 cm³/mol. The van der Waals surface area contributed by atoms with Crippen LogP contribution in [0, 0.1) is 11.8 Å². The SMILES string of the molecule is CC(C)C[C@H](NC(=O)[C@@H](N)CC(C)C)C(=O)N[C@@H](Cc1ccc(O)cc1)C(=O)O. The van der Waals surface area contributed by atoms with Crippen molar-refractivity contribution in [1.82, 2.24) is 10.6 Å². The van der Waals surface area contributed by atoms with Crippen molar-refractivity contribution in [2.45, 2.75) is 65.1 Å². The molecule has 2 amide bonds. The van der Waals surface area contributed by atoms with Crippen molar-refractivity contribution in [2.75, 3.05) is 0 Å². The van der Waals surface area contributed by atoms with Gasteiger partial charge in [-0.05, 0) is 42.4 Å². The van der Waals surface area contributed by atoms with E-state index in [0.717, 1.165) is 0 Å². The van der Waals surface area contributed by atoms with E-state index in [1.807, 2.05) is 27.7 Å². The zero-order chi connectivity index (χ0) is 22.1. The zero-order valence-corrected chi connectivity index (χ0v) is 17.5. The van der Waals surface area contributed by atoms with Crippen LogP contribution in [0.25, 0.3) is 0 Å². The van der Waals surface area contributed by atoms with E-state index in [1.54, 1.807) is 12.1 Å². The second-order valence-corrected chi connectivity index (χ2v) is 8.20. The molecule has 0 heterocycles. The molecule has 3 atom stereocenters. The van der Waals surface area contributed by atoms with Crippen LogP contribution in [0.2, 0.25) is 0 Å². The third kappa shape index (κ3) is 8.95. The van der Waals surface area contributed by atoms with Gasteiger partial charge in [-0.25, -0.2) is 4.79 Å². The quantitative estimate of drug-likeness (QED) is 0.375. The van der Waals surface area contributed by atoms with Crippen LogP contribution >= 0.6 is 0 Å². The van der Waals surface area contributed by atoms with Crippen molar-refractivity contribution in [1.29, 1.82) is 0 Å². The number of benzene rings is 1. The molecule has 6 N–H and O–H groups in total. The Kier molecular flexibility index (Phi) is 9.61. The summed E-state index contributed by atoms with van der Waals surface area (Å²) in [6, 6.07) is 3.32. The number of nitrogens with two attached hydrogens (primary N) is 1. The molecule has 8 heteroatoms. The van der Waals surface area contributed by atoms with Crippen molar-refractivity contribution in [3.8, 4) is 5.75 Å². The Morgan fingerprint density at radius 3 is 1.90 bits per heavy atom. The monoisotopic (exact) mass is 407 g/mol. The van der Waals surface area contributed by atoms with Gasteiger partial charge in [-0.15, -0.1) is 0 Å². The minimum Gasteiger partial charge on any atom is -0.508 e. The number of carbonyl (C=O) groups excluding carboxylic acids is 2. The van der Waals surface area contributed by atoms with E-state index in [1.165, 1.54) is 12.1 Å². The van der Waals surface area contributed by atoms with Crippen LogP contribution in [0.4, 0.5) is 0 Å². The standard InChI is InChI=1S/C21H33N3O5/c1-12(2)9-16(22)19(26)23-17(10-13(3)4)20(27)24-18(21(28)29)11-14-5-7-15(25)8-6-14/h5-8,12-13,16-18,25H,9-11,22H2,1-4H3,(H,23,26)(H,24,27)(H,28,29)/t16-,17-,18-/m0/s1. The fourth-order valence-electron chi connectivity index (χ4n) is 2.94. The van der Waals surface area contributed by atoms with Crippen molar-refractivity contribution in [2.24, 2.45) is 17.6 Å². The molecular weight excluding hydrogens is 374 g/mol. The first-order valence-electron chi connectivity index (χ1n) is 9.86. The molecule has 0 unspecified atom stereocenters. The minimum atomic E-state index is -1.18. The third-order valence-corrected chi connectivity index (χ3v) is 4.39. The van der Waals surface area contributed by atoms with Crippen LogP contribution in [0.15, 0.2) is 24.3 Å². The van der Waals surface area contributed by atoms with E-state index in [-0.39, 0.29) is 24.0 Å². The Balaban J connectivity index is 2.85. The Hall–Kier alpha value is -2.61. The van der Waals surface area contributed by atoms with E-state index in [9.17, 15) is 24.6 Å². The second-order valence-electron chi connectivity index (χ2n) is 8.20. The number of hydrogen-bond donors (Lipinski definition) is 5. The van der Waals surface area contributed by atoms with Gasteiger partial charge in [0.15, 0.2) is 0 Å². The highest BCUT2D eigenvalue weighted by atomic mass is 16.4. The molecular formula is C21H33N3O5. The summed E-state index contributed by atoms with van der Waals surface area (Å²) in [5, 5.41) is 24.0. The maximum absolute atomic E-state index is 12.7. The van der Waals surface area contributed by atoms with Gasteiger partial charge in [0.25, 0.3) is 0 Å². The number of carbonyl (C=O) groups is 3. The molecule has 1 aromatic rings. The first kappa shape index (κ1) is 24.4. The maximum Gasteiger partial charge on any atom is 0.326 e. The minimum absolute atomic E-state index is 0.0521. The van der Waals surface area contributed by atoms with Crippen molar-refractivity contribution < 1.29 is 24.6 Å². The molecule has 0 fully saturated rings. The smallest absolute Gasteiger partial charge is 0.326 e. The first-order valence-corrected chi connectivity index (χ1v) is 9.86.